The third kappa shape index (κ3) is 3.69. The van der Waals surface area contributed by atoms with E-state index >= 15 is 0 Å². The average molecular weight is 349 g/mol. The first-order chi connectivity index (χ1) is 12.8. The summed E-state index contributed by atoms with van der Waals surface area (Å²) < 4.78 is 5.61. The average Bonchev–Trinajstić information content (AvgIpc) is 3.38. The second kappa shape index (κ2) is 7.81. The fourth-order valence-electron chi connectivity index (χ4n) is 3.89. The molecule has 26 heavy (non-hydrogen) atoms. The Morgan fingerprint density at radius 1 is 1.15 bits per heavy atom. The van der Waals surface area contributed by atoms with Crippen molar-refractivity contribution >= 4 is 5.71 Å². The van der Waals surface area contributed by atoms with Gasteiger partial charge in [0.1, 0.15) is 11.5 Å². The number of aryl methyl sites for hydroxylation is 1. The second-order valence-electron chi connectivity index (χ2n) is 7.22. The van der Waals surface area contributed by atoms with E-state index in [1.165, 1.54) is 43.4 Å². The maximum atomic E-state index is 5.61. The zero-order chi connectivity index (χ0) is 17.8. The molecule has 0 aromatic carbocycles. The van der Waals surface area contributed by atoms with Crippen molar-refractivity contribution in [2.75, 3.05) is 7.11 Å². The number of fused-ring (bicyclic) bond motifs is 2. The molecule has 4 heteroatoms. The van der Waals surface area contributed by atoms with Gasteiger partial charge in [-0.3, -0.25) is 0 Å². The van der Waals surface area contributed by atoms with E-state index in [1.807, 2.05) is 24.4 Å². The Hall–Kier alpha value is -2.49. The van der Waals surface area contributed by atoms with Crippen molar-refractivity contribution in [3.8, 4) is 0 Å². The molecule has 2 N–H and O–H groups in total. The van der Waals surface area contributed by atoms with Crippen LogP contribution in [0.3, 0.4) is 0 Å². The summed E-state index contributed by atoms with van der Waals surface area (Å²) in [5.74, 6) is 1.22. The number of allylic oxidation sites excluding steroid dienone is 2. The van der Waals surface area contributed by atoms with Gasteiger partial charge in [0.05, 0.1) is 18.5 Å². The molecule has 1 unspecified atom stereocenters. The number of hydrogen-bond acceptors (Lipinski definition) is 2. The normalized spacial score (nSPS) is 22.7. The molecular weight excluding hydrogens is 322 g/mol. The van der Waals surface area contributed by atoms with Crippen LogP contribution in [0.25, 0.3) is 0 Å². The van der Waals surface area contributed by atoms with Gasteiger partial charge in [-0.1, -0.05) is 25.7 Å². The van der Waals surface area contributed by atoms with Gasteiger partial charge in [0.15, 0.2) is 0 Å². The third-order valence-corrected chi connectivity index (χ3v) is 5.37. The van der Waals surface area contributed by atoms with Gasteiger partial charge in [0, 0.05) is 30.1 Å². The first kappa shape index (κ1) is 17.0. The van der Waals surface area contributed by atoms with Crippen LogP contribution in [0.4, 0.5) is 0 Å². The number of nitrogens with zero attached hydrogens (tertiary/aromatic N) is 1. The van der Waals surface area contributed by atoms with E-state index in [4.69, 9.17) is 9.73 Å². The summed E-state index contributed by atoms with van der Waals surface area (Å²) in [5, 5.41) is 0. The van der Waals surface area contributed by atoms with Crippen LogP contribution in [0.15, 0.2) is 59.2 Å². The molecule has 4 rings (SSSR count). The Bertz CT molecular complexity index is 823. The number of rotatable bonds is 3. The van der Waals surface area contributed by atoms with Gasteiger partial charge >= 0.3 is 0 Å². The third-order valence-electron chi connectivity index (χ3n) is 5.37. The molecule has 0 radical (unpaired) electrons. The molecule has 2 aliphatic rings. The zero-order valence-corrected chi connectivity index (χ0v) is 15.4. The Morgan fingerprint density at radius 2 is 2.04 bits per heavy atom. The summed E-state index contributed by atoms with van der Waals surface area (Å²) in [6.45, 7) is 0. The van der Waals surface area contributed by atoms with E-state index in [0.717, 1.165) is 35.7 Å². The number of aromatic amines is 2. The monoisotopic (exact) mass is 349 g/mol. The van der Waals surface area contributed by atoms with E-state index < -0.39 is 0 Å². The smallest absolute Gasteiger partial charge is 0.146 e. The summed E-state index contributed by atoms with van der Waals surface area (Å²) in [4.78, 5) is 11.5. The Kier molecular flexibility index (Phi) is 5.09. The van der Waals surface area contributed by atoms with Crippen LogP contribution in [0.2, 0.25) is 0 Å². The van der Waals surface area contributed by atoms with Crippen molar-refractivity contribution in [3.63, 3.8) is 0 Å². The van der Waals surface area contributed by atoms with Crippen molar-refractivity contribution in [3.05, 3.63) is 71.2 Å². The minimum absolute atomic E-state index is 0.374. The maximum absolute atomic E-state index is 5.61. The molecule has 1 atom stereocenters. The van der Waals surface area contributed by atoms with Crippen LogP contribution < -0.4 is 0 Å². The highest BCUT2D eigenvalue weighted by Gasteiger charge is 2.20. The van der Waals surface area contributed by atoms with Crippen LogP contribution in [0.5, 0.6) is 0 Å². The van der Waals surface area contributed by atoms with Crippen molar-refractivity contribution in [1.29, 1.82) is 0 Å². The lowest BCUT2D eigenvalue weighted by atomic mass is 9.93. The van der Waals surface area contributed by atoms with E-state index in [1.54, 1.807) is 7.11 Å². The minimum Gasteiger partial charge on any atom is -0.494 e. The fraction of sp³-hybridized carbons (Fsp3) is 0.409. The largest absolute Gasteiger partial charge is 0.494 e. The topological polar surface area (TPSA) is 53.2 Å². The molecule has 0 saturated carbocycles. The Labute approximate surface area is 155 Å². The highest BCUT2D eigenvalue weighted by molar-refractivity contribution is 6.10. The van der Waals surface area contributed by atoms with Gasteiger partial charge in [0.25, 0.3) is 0 Å². The lowest BCUT2D eigenvalue weighted by molar-refractivity contribution is 0.302. The summed E-state index contributed by atoms with van der Waals surface area (Å²) >= 11 is 0. The molecule has 0 amide bonds. The van der Waals surface area contributed by atoms with E-state index in [2.05, 4.69) is 28.3 Å². The number of aromatic nitrogens is 2. The van der Waals surface area contributed by atoms with E-state index in [9.17, 15) is 0 Å². The molecule has 4 nitrogen and oxygen atoms in total. The van der Waals surface area contributed by atoms with E-state index in [0.29, 0.717) is 5.92 Å². The quantitative estimate of drug-likeness (QED) is 0.782. The molecule has 0 spiro atoms. The summed E-state index contributed by atoms with van der Waals surface area (Å²) in [6.07, 6.45) is 17.3. The Morgan fingerprint density at radius 3 is 2.88 bits per heavy atom. The van der Waals surface area contributed by atoms with Gasteiger partial charge < -0.3 is 14.7 Å². The molecule has 0 fully saturated rings. The fourth-order valence-corrected chi connectivity index (χ4v) is 3.89. The second-order valence-corrected chi connectivity index (χ2v) is 7.22. The number of hydrogen-bond donors (Lipinski definition) is 2. The molecule has 1 aliphatic heterocycles. The first-order valence-electron chi connectivity index (χ1n) is 9.71. The standard InChI is InChI=1S/C22H27N3O/c1-26-22-14-20(19-10-7-11-23-19)25-21(22)13-16-8-5-3-2-4-6-9-18-12-17(16)15-24-18/h7,10-16,23-24H,2-6,8-9H2,1H3/b21-13+. The number of methoxy groups -OCH3 is 1. The molecule has 3 heterocycles. The van der Waals surface area contributed by atoms with Crippen molar-refractivity contribution in [2.45, 2.75) is 50.9 Å². The van der Waals surface area contributed by atoms with Crippen molar-refractivity contribution < 1.29 is 4.74 Å². The number of aliphatic imine (C=N–C) groups is 1. The number of nitrogens with one attached hydrogen (secondary N) is 2. The molecular formula is C22H27N3O. The van der Waals surface area contributed by atoms with Gasteiger partial charge in [-0.05, 0) is 49.1 Å². The van der Waals surface area contributed by atoms with Gasteiger partial charge in [-0.15, -0.1) is 0 Å². The Balaban J connectivity index is 1.64. The zero-order valence-electron chi connectivity index (χ0n) is 15.4. The van der Waals surface area contributed by atoms with Gasteiger partial charge in [-0.2, -0.15) is 0 Å². The lowest BCUT2D eigenvalue weighted by Gasteiger charge is -2.13. The maximum Gasteiger partial charge on any atom is 0.146 e. The lowest BCUT2D eigenvalue weighted by Crippen LogP contribution is -1.97. The summed E-state index contributed by atoms with van der Waals surface area (Å²) in [7, 11) is 1.72. The molecule has 2 aromatic heterocycles. The predicted molar refractivity (Wildman–Crippen MR) is 105 cm³/mol. The van der Waals surface area contributed by atoms with E-state index in [-0.39, 0.29) is 0 Å². The minimum atomic E-state index is 0.374. The van der Waals surface area contributed by atoms with Crippen LogP contribution in [-0.4, -0.2) is 22.8 Å². The SMILES string of the molecule is COC1=CC(c2ccc[nH]2)=N/C1=C/C1CCCCCCCc2cc1c[nH]2. The van der Waals surface area contributed by atoms with Crippen molar-refractivity contribution in [1.82, 2.24) is 9.97 Å². The molecule has 136 valence electrons. The highest BCUT2D eigenvalue weighted by atomic mass is 16.5. The molecule has 2 bridgehead atoms. The van der Waals surface area contributed by atoms with Gasteiger partial charge in [-0.25, -0.2) is 4.99 Å². The predicted octanol–water partition coefficient (Wildman–Crippen LogP) is 5.24. The van der Waals surface area contributed by atoms with Crippen LogP contribution in [0.1, 0.15) is 61.4 Å². The van der Waals surface area contributed by atoms with Crippen LogP contribution in [-0.2, 0) is 11.2 Å². The molecule has 2 aromatic rings. The molecule has 1 aliphatic carbocycles. The highest BCUT2D eigenvalue weighted by Crippen LogP contribution is 2.31. The number of ether oxygens (including phenoxy) is 1. The van der Waals surface area contributed by atoms with Crippen LogP contribution in [0, 0.1) is 0 Å². The van der Waals surface area contributed by atoms with Crippen LogP contribution >= 0.6 is 0 Å². The number of H-pyrrole nitrogens is 2. The van der Waals surface area contributed by atoms with Crippen molar-refractivity contribution in [2.24, 2.45) is 4.99 Å². The summed E-state index contributed by atoms with van der Waals surface area (Å²) in [5.41, 5.74) is 5.63. The first-order valence-corrected chi connectivity index (χ1v) is 9.71. The summed E-state index contributed by atoms with van der Waals surface area (Å²) in [6, 6.07) is 6.37. The molecule has 0 saturated heterocycles. The van der Waals surface area contributed by atoms with Gasteiger partial charge in [0.2, 0.25) is 0 Å².